The van der Waals surface area contributed by atoms with Crippen molar-refractivity contribution in [3.8, 4) is 0 Å². The van der Waals surface area contributed by atoms with Gasteiger partial charge >= 0.3 is 5.97 Å². The number of unbranched alkanes of at least 4 members (excludes halogenated alkanes) is 2. The molecule has 1 unspecified atom stereocenters. The first kappa shape index (κ1) is 25.3. The van der Waals surface area contributed by atoms with E-state index in [0.717, 1.165) is 31.6 Å². The minimum atomic E-state index is -2.23. The number of hydrogen-bond donors (Lipinski definition) is 3. The molecule has 0 aromatic carbocycles. The first-order valence-corrected chi connectivity index (χ1v) is 12.2. The predicted molar refractivity (Wildman–Crippen MR) is 115 cm³/mol. The van der Waals surface area contributed by atoms with Gasteiger partial charge in [0.15, 0.2) is 0 Å². The van der Waals surface area contributed by atoms with Gasteiger partial charge in [0.05, 0.1) is 13.2 Å². The molecule has 0 heterocycles. The number of rotatable bonds is 14. The molecule has 0 aromatic rings. The summed E-state index contributed by atoms with van der Waals surface area (Å²) in [5.41, 5.74) is 0. The summed E-state index contributed by atoms with van der Waals surface area (Å²) in [6.45, 7) is -0.538. The van der Waals surface area contributed by atoms with Crippen molar-refractivity contribution in [2.24, 2.45) is 17.8 Å². The highest BCUT2D eigenvalue weighted by Crippen LogP contribution is 2.37. The number of ketones is 1. The molecule has 0 radical (unpaired) electrons. The fourth-order valence-electron chi connectivity index (χ4n) is 5.40. The summed E-state index contributed by atoms with van der Waals surface area (Å²) in [5, 5.41) is 28.0. The number of hydrogen-bond acceptors (Lipinski definition) is 5. The van der Waals surface area contributed by atoms with Crippen LogP contribution in [0.25, 0.3) is 0 Å². The maximum Gasteiger partial charge on any atom is 0.364 e. The van der Waals surface area contributed by atoms with Crippen molar-refractivity contribution in [2.75, 3.05) is 13.2 Å². The zero-order chi connectivity index (χ0) is 21.8. The topological polar surface area (TPSA) is 104 Å². The summed E-state index contributed by atoms with van der Waals surface area (Å²) >= 11 is 0. The molecule has 0 bridgehead atoms. The van der Waals surface area contributed by atoms with Crippen molar-refractivity contribution in [3.63, 3.8) is 0 Å². The lowest BCUT2D eigenvalue weighted by atomic mass is 9.84. The van der Waals surface area contributed by atoms with E-state index < -0.39 is 11.8 Å². The van der Waals surface area contributed by atoms with Gasteiger partial charge in [-0.05, 0) is 37.5 Å². The third kappa shape index (κ3) is 8.27. The maximum absolute atomic E-state index is 12.4. The van der Waals surface area contributed by atoms with Crippen LogP contribution in [0, 0.1) is 17.8 Å². The van der Waals surface area contributed by atoms with Crippen LogP contribution in [-0.2, 0) is 14.3 Å². The Bertz CT molecular complexity index is 514. The molecule has 3 atom stereocenters. The molecule has 0 aromatic heterocycles. The highest BCUT2D eigenvalue weighted by molar-refractivity contribution is 5.83. The number of aliphatic hydroxyl groups is 2. The summed E-state index contributed by atoms with van der Waals surface area (Å²) in [6, 6.07) is 0. The van der Waals surface area contributed by atoms with E-state index >= 15 is 0 Å². The van der Waals surface area contributed by atoms with E-state index in [4.69, 9.17) is 14.9 Å². The smallest absolute Gasteiger partial charge is 0.364 e. The molecular formula is C24H42O6. The lowest BCUT2D eigenvalue weighted by molar-refractivity contribution is -0.228. The summed E-state index contributed by atoms with van der Waals surface area (Å²) in [4.78, 5) is 23.6. The van der Waals surface area contributed by atoms with Gasteiger partial charge in [0.1, 0.15) is 5.78 Å². The van der Waals surface area contributed by atoms with Crippen LogP contribution in [0.3, 0.4) is 0 Å². The summed E-state index contributed by atoms with van der Waals surface area (Å²) in [6.07, 6.45) is 16.8. The van der Waals surface area contributed by atoms with E-state index in [1.807, 2.05) is 0 Å². The van der Waals surface area contributed by atoms with Crippen molar-refractivity contribution in [1.82, 2.24) is 0 Å². The standard InChI is InChI=1S/C24H42O6/c25-17-18-30-24(29,23(27)28)16-7-3-6-13-21-20(14-15-22(21)26)12-8-11-19-9-4-1-2-5-10-19/h19-21,25,29H,1-18H2,(H,27,28)/t20-,21+,24?/m0/s1. The van der Waals surface area contributed by atoms with Crippen LogP contribution in [0.5, 0.6) is 0 Å². The van der Waals surface area contributed by atoms with Gasteiger partial charge in [-0.2, -0.15) is 0 Å². The second-order valence-corrected chi connectivity index (χ2v) is 9.42. The SMILES string of the molecule is O=C1CC[C@H](CCCC2CCCCCC2)[C@H]1CCCCCC(O)(OCCO)C(=O)O. The number of carbonyl (C=O) groups excluding carboxylic acids is 1. The zero-order valence-electron chi connectivity index (χ0n) is 18.5. The number of carbonyl (C=O) groups is 2. The average Bonchev–Trinajstić information content (AvgIpc) is 2.91. The molecule has 30 heavy (non-hydrogen) atoms. The molecule has 6 heteroatoms. The largest absolute Gasteiger partial charge is 0.477 e. The fraction of sp³-hybridized carbons (Fsp3) is 0.917. The van der Waals surface area contributed by atoms with E-state index in [0.29, 0.717) is 24.5 Å². The fourth-order valence-corrected chi connectivity index (χ4v) is 5.40. The van der Waals surface area contributed by atoms with Gasteiger partial charge in [0, 0.05) is 18.8 Å². The van der Waals surface area contributed by atoms with Gasteiger partial charge in [-0.25, -0.2) is 4.79 Å². The van der Waals surface area contributed by atoms with Crippen LogP contribution in [0.4, 0.5) is 0 Å². The Labute approximate surface area is 181 Å². The number of carboxylic acid groups (broad SMARTS) is 1. The molecule has 2 aliphatic rings. The highest BCUT2D eigenvalue weighted by atomic mass is 16.6. The Kier molecular flexibility index (Phi) is 11.3. The Morgan fingerprint density at radius 1 is 0.967 bits per heavy atom. The van der Waals surface area contributed by atoms with E-state index in [2.05, 4.69) is 0 Å². The summed E-state index contributed by atoms with van der Waals surface area (Å²) < 4.78 is 4.91. The predicted octanol–water partition coefficient (Wildman–Crippen LogP) is 4.46. The molecule has 3 N–H and O–H groups in total. The zero-order valence-corrected chi connectivity index (χ0v) is 18.5. The minimum absolute atomic E-state index is 0.00817. The second kappa shape index (κ2) is 13.4. The maximum atomic E-state index is 12.4. The van der Waals surface area contributed by atoms with Crippen LogP contribution in [0.15, 0.2) is 0 Å². The highest BCUT2D eigenvalue weighted by Gasteiger charge is 2.37. The number of ether oxygens (including phenoxy) is 1. The van der Waals surface area contributed by atoms with Crippen molar-refractivity contribution in [1.29, 1.82) is 0 Å². The first-order chi connectivity index (χ1) is 14.5. The van der Waals surface area contributed by atoms with Gasteiger partial charge in [0.2, 0.25) is 0 Å². The lowest BCUT2D eigenvalue weighted by Gasteiger charge is -2.23. The molecule has 0 spiro atoms. The van der Waals surface area contributed by atoms with Crippen LogP contribution in [0.2, 0.25) is 0 Å². The minimum Gasteiger partial charge on any atom is -0.477 e. The molecule has 174 valence electrons. The van der Waals surface area contributed by atoms with Gasteiger partial charge in [-0.15, -0.1) is 0 Å². The molecule has 2 saturated carbocycles. The van der Waals surface area contributed by atoms with Crippen molar-refractivity contribution < 1.29 is 29.6 Å². The molecular weight excluding hydrogens is 384 g/mol. The van der Waals surface area contributed by atoms with Crippen LogP contribution in [-0.4, -0.2) is 46.1 Å². The Hall–Kier alpha value is -0.980. The quantitative estimate of drug-likeness (QED) is 0.215. The number of Topliss-reactive ketones (excluding diaryl/α,β-unsaturated/α-hetero) is 1. The monoisotopic (exact) mass is 426 g/mol. The van der Waals surface area contributed by atoms with Crippen molar-refractivity contribution in [2.45, 2.75) is 109 Å². The summed E-state index contributed by atoms with van der Waals surface area (Å²) in [5.74, 6) is -1.66. The Balaban J connectivity index is 1.66. The van der Waals surface area contributed by atoms with Gasteiger partial charge in [0.25, 0.3) is 5.79 Å². The van der Waals surface area contributed by atoms with Crippen LogP contribution in [0.1, 0.15) is 103 Å². The number of carboxylic acids is 1. The molecule has 0 amide bonds. The van der Waals surface area contributed by atoms with E-state index in [1.54, 1.807) is 0 Å². The normalized spacial score (nSPS) is 25.2. The first-order valence-electron chi connectivity index (χ1n) is 12.2. The molecule has 0 saturated heterocycles. The van der Waals surface area contributed by atoms with Crippen molar-refractivity contribution in [3.05, 3.63) is 0 Å². The van der Waals surface area contributed by atoms with E-state index in [1.165, 1.54) is 57.8 Å². The van der Waals surface area contributed by atoms with E-state index in [9.17, 15) is 14.7 Å². The Morgan fingerprint density at radius 2 is 1.70 bits per heavy atom. The molecule has 0 aliphatic heterocycles. The third-order valence-corrected chi connectivity index (χ3v) is 7.20. The van der Waals surface area contributed by atoms with Gasteiger partial charge in [-0.3, -0.25) is 4.79 Å². The van der Waals surface area contributed by atoms with Gasteiger partial charge < -0.3 is 20.1 Å². The lowest BCUT2D eigenvalue weighted by Crippen LogP contribution is -2.42. The molecule has 2 fully saturated rings. The second-order valence-electron chi connectivity index (χ2n) is 9.42. The number of aliphatic carboxylic acids is 1. The Morgan fingerprint density at radius 3 is 2.37 bits per heavy atom. The molecule has 6 nitrogen and oxygen atoms in total. The third-order valence-electron chi connectivity index (χ3n) is 7.20. The van der Waals surface area contributed by atoms with Gasteiger partial charge in [-0.1, -0.05) is 64.2 Å². The average molecular weight is 427 g/mol. The van der Waals surface area contributed by atoms with Crippen LogP contribution >= 0.6 is 0 Å². The molecule has 2 rings (SSSR count). The number of aliphatic hydroxyl groups excluding tert-OH is 1. The van der Waals surface area contributed by atoms with Crippen molar-refractivity contribution >= 4 is 11.8 Å². The summed E-state index contributed by atoms with van der Waals surface area (Å²) in [7, 11) is 0. The molecule has 2 aliphatic carbocycles. The van der Waals surface area contributed by atoms with Crippen LogP contribution < -0.4 is 0 Å². The van der Waals surface area contributed by atoms with E-state index in [-0.39, 0.29) is 25.6 Å².